The van der Waals surface area contributed by atoms with Crippen LogP contribution in [0.1, 0.15) is 19.7 Å². The summed E-state index contributed by atoms with van der Waals surface area (Å²) < 4.78 is 15.1. The van der Waals surface area contributed by atoms with E-state index in [0.29, 0.717) is 23.3 Å². The summed E-state index contributed by atoms with van der Waals surface area (Å²) in [7, 11) is 0. The summed E-state index contributed by atoms with van der Waals surface area (Å²) in [5.41, 5.74) is 0.249. The Balaban J connectivity index is 2.21. The van der Waals surface area contributed by atoms with Crippen molar-refractivity contribution >= 4 is 11.6 Å². The molecule has 0 atom stereocenters. The summed E-state index contributed by atoms with van der Waals surface area (Å²) in [5, 5.41) is 14.9. The molecule has 0 spiro atoms. The van der Waals surface area contributed by atoms with E-state index in [-0.39, 0.29) is 5.69 Å². The second-order valence-electron chi connectivity index (χ2n) is 4.63. The van der Waals surface area contributed by atoms with E-state index in [0.717, 1.165) is 6.54 Å². The number of rotatable bonds is 5. The lowest BCUT2D eigenvalue weighted by Crippen LogP contribution is -2.21. The molecule has 1 aromatic carbocycles. The molecule has 19 heavy (non-hydrogen) atoms. The number of tetrazole rings is 1. The van der Waals surface area contributed by atoms with Gasteiger partial charge >= 0.3 is 0 Å². The minimum atomic E-state index is -0.415. The number of nitrogens with one attached hydrogen (secondary N) is 1. The molecule has 0 bridgehead atoms. The zero-order chi connectivity index (χ0) is 13.8. The third kappa shape index (κ3) is 3.48. The van der Waals surface area contributed by atoms with Gasteiger partial charge in [0.2, 0.25) is 0 Å². The molecule has 102 valence electrons. The standard InChI is InChI=1S/C12H15ClFN5/c1-8(2)6-15-7-12-16-17-18-19(12)11-5-9(13)3-4-10(11)14/h3-5,8,15H,6-7H2,1-2H3. The molecular formula is C12H15ClFN5. The van der Waals surface area contributed by atoms with Crippen molar-refractivity contribution in [2.45, 2.75) is 20.4 Å². The van der Waals surface area contributed by atoms with Crippen molar-refractivity contribution in [1.29, 1.82) is 0 Å². The van der Waals surface area contributed by atoms with E-state index in [1.807, 2.05) is 0 Å². The fraction of sp³-hybridized carbons (Fsp3) is 0.417. The van der Waals surface area contributed by atoms with Gasteiger partial charge in [-0.15, -0.1) is 5.10 Å². The van der Waals surface area contributed by atoms with Gasteiger partial charge < -0.3 is 5.32 Å². The second kappa shape index (κ2) is 6.08. The second-order valence-corrected chi connectivity index (χ2v) is 5.06. The Bertz CT molecular complexity index is 555. The van der Waals surface area contributed by atoms with Gasteiger partial charge in [-0.2, -0.15) is 4.68 Å². The molecule has 0 unspecified atom stereocenters. The lowest BCUT2D eigenvalue weighted by Gasteiger charge is -2.08. The van der Waals surface area contributed by atoms with Gasteiger partial charge in [0.1, 0.15) is 11.5 Å². The fourth-order valence-electron chi connectivity index (χ4n) is 1.62. The first-order valence-electron chi connectivity index (χ1n) is 6.01. The average Bonchev–Trinajstić information content (AvgIpc) is 2.80. The highest BCUT2D eigenvalue weighted by Crippen LogP contribution is 2.18. The normalized spacial score (nSPS) is 11.2. The minimum Gasteiger partial charge on any atom is -0.310 e. The molecule has 0 fully saturated rings. The molecule has 0 aliphatic rings. The highest BCUT2D eigenvalue weighted by molar-refractivity contribution is 6.30. The van der Waals surface area contributed by atoms with Crippen molar-refractivity contribution < 1.29 is 4.39 Å². The van der Waals surface area contributed by atoms with E-state index in [1.165, 1.54) is 22.9 Å². The maximum absolute atomic E-state index is 13.8. The first-order chi connectivity index (χ1) is 9.08. The molecule has 0 radical (unpaired) electrons. The summed E-state index contributed by atoms with van der Waals surface area (Å²) in [6, 6.07) is 4.28. The lowest BCUT2D eigenvalue weighted by molar-refractivity contribution is 0.534. The molecule has 5 nitrogen and oxygen atoms in total. The van der Waals surface area contributed by atoms with Crippen LogP contribution >= 0.6 is 11.6 Å². The smallest absolute Gasteiger partial charge is 0.170 e. The Morgan fingerprint density at radius 2 is 2.21 bits per heavy atom. The van der Waals surface area contributed by atoms with Gasteiger partial charge in [-0.25, -0.2) is 4.39 Å². The summed E-state index contributed by atoms with van der Waals surface area (Å²) in [5.74, 6) is 0.649. The number of hydrogen-bond acceptors (Lipinski definition) is 4. The van der Waals surface area contributed by atoms with Gasteiger partial charge in [0.05, 0.1) is 6.54 Å². The van der Waals surface area contributed by atoms with Gasteiger partial charge in [-0.05, 0) is 41.1 Å². The molecule has 1 N–H and O–H groups in total. The van der Waals surface area contributed by atoms with E-state index >= 15 is 0 Å². The zero-order valence-electron chi connectivity index (χ0n) is 10.8. The van der Waals surface area contributed by atoms with Crippen molar-refractivity contribution in [3.63, 3.8) is 0 Å². The summed E-state index contributed by atoms with van der Waals surface area (Å²) in [6.07, 6.45) is 0. The first-order valence-corrected chi connectivity index (χ1v) is 6.39. The van der Waals surface area contributed by atoms with E-state index in [2.05, 4.69) is 34.7 Å². The lowest BCUT2D eigenvalue weighted by atomic mass is 10.2. The largest absolute Gasteiger partial charge is 0.310 e. The molecule has 0 aliphatic heterocycles. The number of aromatic nitrogens is 4. The molecule has 7 heteroatoms. The average molecular weight is 284 g/mol. The quantitative estimate of drug-likeness (QED) is 0.914. The van der Waals surface area contributed by atoms with Crippen LogP contribution < -0.4 is 5.32 Å². The topological polar surface area (TPSA) is 55.6 Å². The highest BCUT2D eigenvalue weighted by atomic mass is 35.5. The molecule has 0 aliphatic carbocycles. The number of halogens is 2. The number of benzene rings is 1. The maximum atomic E-state index is 13.8. The predicted molar refractivity (Wildman–Crippen MR) is 70.7 cm³/mol. The fourth-order valence-corrected chi connectivity index (χ4v) is 1.79. The summed E-state index contributed by atoms with van der Waals surface area (Å²) in [4.78, 5) is 0. The maximum Gasteiger partial charge on any atom is 0.170 e. The Morgan fingerprint density at radius 1 is 1.42 bits per heavy atom. The zero-order valence-corrected chi connectivity index (χ0v) is 11.5. The molecule has 2 rings (SSSR count). The molecule has 0 saturated carbocycles. The third-order valence-corrected chi connectivity index (χ3v) is 2.74. The van der Waals surface area contributed by atoms with Gasteiger partial charge in [-0.1, -0.05) is 25.4 Å². The van der Waals surface area contributed by atoms with E-state index in [4.69, 9.17) is 11.6 Å². The third-order valence-electron chi connectivity index (χ3n) is 2.51. The van der Waals surface area contributed by atoms with Gasteiger partial charge in [0, 0.05) is 5.02 Å². The van der Waals surface area contributed by atoms with Crippen molar-refractivity contribution in [2.75, 3.05) is 6.54 Å². The van der Waals surface area contributed by atoms with Crippen molar-refractivity contribution in [3.8, 4) is 5.69 Å². The van der Waals surface area contributed by atoms with Crippen LogP contribution in [0.15, 0.2) is 18.2 Å². The monoisotopic (exact) mass is 283 g/mol. The van der Waals surface area contributed by atoms with Crippen LogP contribution in [0.3, 0.4) is 0 Å². The van der Waals surface area contributed by atoms with Gasteiger partial charge in [0.15, 0.2) is 5.82 Å². The van der Waals surface area contributed by atoms with E-state index < -0.39 is 5.82 Å². The summed E-state index contributed by atoms with van der Waals surface area (Å²) >= 11 is 5.87. The number of hydrogen-bond donors (Lipinski definition) is 1. The Kier molecular flexibility index (Phi) is 4.44. The minimum absolute atomic E-state index is 0.249. The molecular weight excluding hydrogens is 269 g/mol. The van der Waals surface area contributed by atoms with Crippen molar-refractivity contribution in [1.82, 2.24) is 25.5 Å². The highest BCUT2D eigenvalue weighted by Gasteiger charge is 2.12. The van der Waals surface area contributed by atoms with Crippen LogP contribution in [-0.2, 0) is 6.54 Å². The van der Waals surface area contributed by atoms with Crippen LogP contribution in [0.2, 0.25) is 5.02 Å². The van der Waals surface area contributed by atoms with Crippen LogP contribution in [0.5, 0.6) is 0 Å². The first kappa shape index (κ1) is 13.9. The Hall–Kier alpha value is -1.53. The molecule has 1 heterocycles. The van der Waals surface area contributed by atoms with Crippen LogP contribution in [-0.4, -0.2) is 26.8 Å². The molecule has 2 aromatic rings. The van der Waals surface area contributed by atoms with Gasteiger partial charge in [-0.3, -0.25) is 0 Å². The number of nitrogens with zero attached hydrogens (tertiary/aromatic N) is 4. The van der Waals surface area contributed by atoms with E-state index in [9.17, 15) is 4.39 Å². The SMILES string of the molecule is CC(C)CNCc1nnnn1-c1cc(Cl)ccc1F. The van der Waals surface area contributed by atoms with E-state index in [1.54, 1.807) is 0 Å². The molecule has 1 aromatic heterocycles. The van der Waals surface area contributed by atoms with Crippen LogP contribution in [0.4, 0.5) is 4.39 Å². The van der Waals surface area contributed by atoms with Gasteiger partial charge in [0.25, 0.3) is 0 Å². The Labute approximate surface area is 115 Å². The molecule has 0 amide bonds. The summed E-state index contributed by atoms with van der Waals surface area (Å²) in [6.45, 7) is 5.52. The van der Waals surface area contributed by atoms with Crippen molar-refractivity contribution in [3.05, 3.63) is 34.9 Å². The predicted octanol–water partition coefficient (Wildman–Crippen LogP) is 2.20. The Morgan fingerprint density at radius 3 is 2.95 bits per heavy atom. The van der Waals surface area contributed by atoms with Crippen molar-refractivity contribution in [2.24, 2.45) is 5.92 Å². The van der Waals surface area contributed by atoms with Crippen LogP contribution in [0, 0.1) is 11.7 Å². The molecule has 0 saturated heterocycles. The van der Waals surface area contributed by atoms with Crippen LogP contribution in [0.25, 0.3) is 5.69 Å².